The van der Waals surface area contributed by atoms with Gasteiger partial charge in [-0.1, -0.05) is 49.6 Å². The third kappa shape index (κ3) is 3.82. The molecule has 1 saturated carbocycles. The van der Waals surface area contributed by atoms with E-state index in [9.17, 15) is 4.79 Å². The molecule has 2 rings (SSSR count). The Morgan fingerprint density at radius 3 is 2.37 bits per heavy atom. The van der Waals surface area contributed by atoms with Crippen LogP contribution in [0.1, 0.15) is 51.5 Å². The van der Waals surface area contributed by atoms with Crippen LogP contribution in [-0.4, -0.2) is 16.8 Å². The summed E-state index contributed by atoms with van der Waals surface area (Å²) in [4.78, 5) is 14.7. The number of rotatable bonds is 4. The molecule has 1 amide bonds. The van der Waals surface area contributed by atoms with E-state index in [2.05, 4.69) is 26.0 Å². The Hall–Kier alpha value is -1.31. The van der Waals surface area contributed by atoms with Gasteiger partial charge in [0.1, 0.15) is 0 Å². The molecule has 0 bridgehead atoms. The molecule has 0 aliphatic heterocycles. The highest BCUT2D eigenvalue weighted by atomic mass is 16.2. The fourth-order valence-electron chi connectivity index (χ4n) is 2.88. The molecule has 0 spiro atoms. The van der Waals surface area contributed by atoms with Crippen LogP contribution in [-0.2, 0) is 11.3 Å². The maximum atomic E-state index is 12.7. The van der Waals surface area contributed by atoms with Gasteiger partial charge in [-0.05, 0) is 32.3 Å². The van der Waals surface area contributed by atoms with E-state index in [1.54, 1.807) is 0 Å². The van der Waals surface area contributed by atoms with E-state index in [1.807, 2.05) is 23.1 Å². The second kappa shape index (κ2) is 6.74. The molecule has 0 heterocycles. The van der Waals surface area contributed by atoms with Gasteiger partial charge in [0, 0.05) is 18.5 Å². The van der Waals surface area contributed by atoms with Gasteiger partial charge in [0.15, 0.2) is 0 Å². The van der Waals surface area contributed by atoms with Crippen LogP contribution < -0.4 is 0 Å². The molecule has 0 unspecified atom stereocenters. The third-order valence-electron chi connectivity index (χ3n) is 4.06. The van der Waals surface area contributed by atoms with Crippen LogP contribution in [0.4, 0.5) is 0 Å². The standard InChI is InChI=1S/C17H25NO/c1-14(2)18(13-15-9-5-3-6-10-15)17(19)16-11-7-4-8-12-16/h3,5-6,9-10,14,16H,4,7-8,11-13H2,1-2H3. The summed E-state index contributed by atoms with van der Waals surface area (Å²) in [5.74, 6) is 0.624. The van der Waals surface area contributed by atoms with E-state index < -0.39 is 0 Å². The molecular formula is C17H25NO. The lowest BCUT2D eigenvalue weighted by molar-refractivity contribution is -0.139. The summed E-state index contributed by atoms with van der Waals surface area (Å²) in [5.41, 5.74) is 1.22. The quantitative estimate of drug-likeness (QED) is 0.800. The zero-order valence-electron chi connectivity index (χ0n) is 12.1. The van der Waals surface area contributed by atoms with Crippen LogP contribution in [0.15, 0.2) is 30.3 Å². The predicted molar refractivity (Wildman–Crippen MR) is 78.7 cm³/mol. The van der Waals surface area contributed by atoms with Crippen molar-refractivity contribution in [3.05, 3.63) is 35.9 Å². The molecule has 0 atom stereocenters. The highest BCUT2D eigenvalue weighted by molar-refractivity contribution is 5.79. The molecule has 0 radical (unpaired) electrons. The number of nitrogens with zero attached hydrogens (tertiary/aromatic N) is 1. The van der Waals surface area contributed by atoms with Crippen molar-refractivity contribution in [2.24, 2.45) is 5.92 Å². The Labute approximate surface area is 116 Å². The van der Waals surface area contributed by atoms with Gasteiger partial charge >= 0.3 is 0 Å². The van der Waals surface area contributed by atoms with E-state index in [0.29, 0.717) is 5.91 Å². The first-order valence-electron chi connectivity index (χ1n) is 7.53. The Bertz CT molecular complexity index is 393. The molecule has 1 fully saturated rings. The molecule has 0 aromatic heterocycles. The monoisotopic (exact) mass is 259 g/mol. The number of carbonyl (C=O) groups is 1. The molecule has 2 nitrogen and oxygen atoms in total. The minimum absolute atomic E-state index is 0.264. The summed E-state index contributed by atoms with van der Waals surface area (Å²) < 4.78 is 0. The van der Waals surface area contributed by atoms with Gasteiger partial charge in [0.25, 0.3) is 0 Å². The van der Waals surface area contributed by atoms with Gasteiger partial charge in [0.05, 0.1) is 0 Å². The van der Waals surface area contributed by atoms with Crippen molar-refractivity contribution in [1.29, 1.82) is 0 Å². The zero-order chi connectivity index (χ0) is 13.7. The maximum Gasteiger partial charge on any atom is 0.226 e. The fourth-order valence-corrected chi connectivity index (χ4v) is 2.88. The van der Waals surface area contributed by atoms with Crippen molar-refractivity contribution in [1.82, 2.24) is 4.90 Å². The number of carbonyl (C=O) groups excluding carboxylic acids is 1. The molecule has 1 aromatic rings. The summed E-state index contributed by atoms with van der Waals surface area (Å²) in [7, 11) is 0. The summed E-state index contributed by atoms with van der Waals surface area (Å²) in [5, 5.41) is 0. The summed E-state index contributed by atoms with van der Waals surface area (Å²) >= 11 is 0. The third-order valence-corrected chi connectivity index (χ3v) is 4.06. The molecule has 0 N–H and O–H groups in total. The van der Waals surface area contributed by atoms with Crippen molar-refractivity contribution in [2.45, 2.75) is 58.5 Å². The average Bonchev–Trinajstić information content (AvgIpc) is 2.46. The van der Waals surface area contributed by atoms with Crippen molar-refractivity contribution < 1.29 is 4.79 Å². The molecule has 1 aliphatic carbocycles. The Morgan fingerprint density at radius 2 is 1.79 bits per heavy atom. The van der Waals surface area contributed by atoms with Crippen molar-refractivity contribution in [2.75, 3.05) is 0 Å². The topological polar surface area (TPSA) is 20.3 Å². The number of hydrogen-bond acceptors (Lipinski definition) is 1. The highest BCUT2D eigenvalue weighted by Gasteiger charge is 2.27. The number of amides is 1. The molecule has 2 heteroatoms. The van der Waals surface area contributed by atoms with Crippen LogP contribution in [0, 0.1) is 5.92 Å². The fraction of sp³-hybridized carbons (Fsp3) is 0.588. The van der Waals surface area contributed by atoms with Gasteiger partial charge < -0.3 is 4.90 Å². The van der Waals surface area contributed by atoms with Crippen LogP contribution in [0.5, 0.6) is 0 Å². The van der Waals surface area contributed by atoms with E-state index in [1.165, 1.54) is 24.8 Å². The molecule has 104 valence electrons. The van der Waals surface area contributed by atoms with Crippen LogP contribution in [0.2, 0.25) is 0 Å². The second-order valence-corrected chi connectivity index (χ2v) is 5.88. The van der Waals surface area contributed by atoms with Gasteiger partial charge in [-0.2, -0.15) is 0 Å². The molecule has 1 aliphatic rings. The molecular weight excluding hydrogens is 234 g/mol. The first-order chi connectivity index (χ1) is 9.18. The number of hydrogen-bond donors (Lipinski definition) is 0. The first-order valence-corrected chi connectivity index (χ1v) is 7.53. The summed E-state index contributed by atoms with van der Waals surface area (Å²) in [6.07, 6.45) is 5.89. The van der Waals surface area contributed by atoms with E-state index >= 15 is 0 Å². The maximum absolute atomic E-state index is 12.7. The normalized spacial score (nSPS) is 16.6. The second-order valence-electron chi connectivity index (χ2n) is 5.88. The highest BCUT2D eigenvalue weighted by Crippen LogP contribution is 2.26. The molecule has 0 saturated heterocycles. The van der Waals surface area contributed by atoms with Gasteiger partial charge in [-0.25, -0.2) is 0 Å². The SMILES string of the molecule is CC(C)N(Cc1ccccc1)C(=O)C1CCCCC1. The van der Waals surface area contributed by atoms with Crippen LogP contribution >= 0.6 is 0 Å². The van der Waals surface area contributed by atoms with E-state index in [0.717, 1.165) is 19.4 Å². The zero-order valence-corrected chi connectivity index (χ0v) is 12.1. The lowest BCUT2D eigenvalue weighted by Crippen LogP contribution is -2.41. The lowest BCUT2D eigenvalue weighted by atomic mass is 9.88. The van der Waals surface area contributed by atoms with Gasteiger partial charge in [-0.3, -0.25) is 4.79 Å². The number of benzene rings is 1. The largest absolute Gasteiger partial charge is 0.336 e. The van der Waals surface area contributed by atoms with Crippen molar-refractivity contribution in [3.8, 4) is 0 Å². The minimum atomic E-state index is 0.264. The Balaban J connectivity index is 2.04. The lowest BCUT2D eigenvalue weighted by Gasteiger charge is -2.32. The Kier molecular flexibility index (Phi) is 5.00. The minimum Gasteiger partial charge on any atom is -0.336 e. The average molecular weight is 259 g/mol. The van der Waals surface area contributed by atoms with Crippen molar-refractivity contribution in [3.63, 3.8) is 0 Å². The smallest absolute Gasteiger partial charge is 0.226 e. The van der Waals surface area contributed by atoms with E-state index in [-0.39, 0.29) is 12.0 Å². The summed E-state index contributed by atoms with van der Waals surface area (Å²) in [6, 6.07) is 10.6. The molecule has 19 heavy (non-hydrogen) atoms. The van der Waals surface area contributed by atoms with E-state index in [4.69, 9.17) is 0 Å². The summed E-state index contributed by atoms with van der Waals surface area (Å²) in [6.45, 7) is 4.97. The van der Waals surface area contributed by atoms with Gasteiger partial charge in [-0.15, -0.1) is 0 Å². The van der Waals surface area contributed by atoms with Crippen LogP contribution in [0.3, 0.4) is 0 Å². The van der Waals surface area contributed by atoms with Crippen molar-refractivity contribution >= 4 is 5.91 Å². The Morgan fingerprint density at radius 1 is 1.16 bits per heavy atom. The first kappa shape index (κ1) is 14.1. The molecule has 1 aromatic carbocycles. The van der Waals surface area contributed by atoms with Gasteiger partial charge in [0.2, 0.25) is 5.91 Å². The predicted octanol–water partition coefficient (Wildman–Crippen LogP) is 4.00. The van der Waals surface area contributed by atoms with Crippen LogP contribution in [0.25, 0.3) is 0 Å².